The number of rotatable bonds is 7. The predicted molar refractivity (Wildman–Crippen MR) is 76.8 cm³/mol. The van der Waals surface area contributed by atoms with Gasteiger partial charge in [0.25, 0.3) is 0 Å². The molecule has 1 N–H and O–H groups in total. The van der Waals surface area contributed by atoms with Crippen molar-refractivity contribution in [3.05, 3.63) is 27.8 Å². The Morgan fingerprint density at radius 3 is 2.27 bits per heavy atom. The lowest BCUT2D eigenvalue weighted by molar-refractivity contribution is -0.497. The number of nitro groups is 1. The minimum atomic E-state index is -0.750. The van der Waals surface area contributed by atoms with Crippen molar-refractivity contribution in [3.63, 3.8) is 0 Å². The Balaban J connectivity index is 2.04. The first kappa shape index (κ1) is 15.9. The van der Waals surface area contributed by atoms with E-state index in [0.717, 1.165) is 5.56 Å². The Morgan fingerprint density at radius 1 is 1.27 bits per heavy atom. The Bertz CT molecular complexity index is 564. The molecular formula is C14H18N2O6. The molecular weight excluding hydrogens is 292 g/mol. The second-order valence-electron chi connectivity index (χ2n) is 4.95. The fourth-order valence-corrected chi connectivity index (χ4v) is 2.25. The molecule has 120 valence electrons. The lowest BCUT2D eigenvalue weighted by Crippen LogP contribution is -2.26. The van der Waals surface area contributed by atoms with E-state index in [2.05, 4.69) is 5.32 Å². The molecule has 0 heterocycles. The molecule has 1 aliphatic rings. The number of carbonyl (C=O) groups excluding carboxylic acids is 1. The Hall–Kier alpha value is -2.51. The number of nitrogens with one attached hydrogen (secondary N) is 1. The normalized spacial score (nSPS) is 19.2. The zero-order valence-corrected chi connectivity index (χ0v) is 12.6. The van der Waals surface area contributed by atoms with Gasteiger partial charge >= 0.3 is 0 Å². The maximum atomic E-state index is 11.8. The molecule has 2 atom stereocenters. The van der Waals surface area contributed by atoms with Crippen LogP contribution in [-0.4, -0.2) is 38.2 Å². The van der Waals surface area contributed by atoms with Crippen LogP contribution >= 0.6 is 0 Å². The van der Waals surface area contributed by atoms with Gasteiger partial charge in [0, 0.05) is 17.9 Å². The molecule has 1 fully saturated rings. The van der Waals surface area contributed by atoms with Crippen LogP contribution in [0.2, 0.25) is 0 Å². The summed E-state index contributed by atoms with van der Waals surface area (Å²) in [5, 5.41) is 13.3. The van der Waals surface area contributed by atoms with Crippen molar-refractivity contribution in [1.29, 1.82) is 0 Å². The first-order valence-electron chi connectivity index (χ1n) is 6.71. The van der Waals surface area contributed by atoms with Crippen LogP contribution in [0.15, 0.2) is 12.1 Å². The summed E-state index contributed by atoms with van der Waals surface area (Å²) in [5.74, 6) is 0.601. The molecule has 0 saturated heterocycles. The Kier molecular flexibility index (Phi) is 4.69. The van der Waals surface area contributed by atoms with Gasteiger partial charge in [0.2, 0.25) is 17.7 Å². The molecule has 0 spiro atoms. The van der Waals surface area contributed by atoms with Crippen molar-refractivity contribution < 1.29 is 23.9 Å². The topological polar surface area (TPSA) is 99.9 Å². The molecule has 8 heteroatoms. The standard InChI is InChI=1S/C14H18N2O6/c1-20-11-4-8(5-12(21-2)13(11)22-3)7-15-14(17)9-6-10(9)16(18)19/h4-5,9-10H,6-7H2,1-3H3,(H,15,17)/t9-,10+/m0/s1. The van der Waals surface area contributed by atoms with Gasteiger partial charge in [-0.05, 0) is 17.7 Å². The summed E-state index contributed by atoms with van der Waals surface area (Å²) in [6, 6.07) is 2.69. The van der Waals surface area contributed by atoms with E-state index in [1.54, 1.807) is 12.1 Å². The van der Waals surface area contributed by atoms with E-state index in [9.17, 15) is 14.9 Å². The molecule has 8 nitrogen and oxygen atoms in total. The first-order valence-corrected chi connectivity index (χ1v) is 6.71. The monoisotopic (exact) mass is 310 g/mol. The molecule has 1 aromatic carbocycles. The fraction of sp³-hybridized carbons (Fsp3) is 0.500. The van der Waals surface area contributed by atoms with Crippen molar-refractivity contribution in [2.24, 2.45) is 5.92 Å². The van der Waals surface area contributed by atoms with E-state index in [1.807, 2.05) is 0 Å². The van der Waals surface area contributed by atoms with Gasteiger partial charge in [-0.1, -0.05) is 0 Å². The van der Waals surface area contributed by atoms with Gasteiger partial charge in [0.05, 0.1) is 21.3 Å². The van der Waals surface area contributed by atoms with Crippen LogP contribution in [0.3, 0.4) is 0 Å². The van der Waals surface area contributed by atoms with Crippen LogP contribution < -0.4 is 19.5 Å². The molecule has 1 aromatic rings. The second-order valence-corrected chi connectivity index (χ2v) is 4.95. The zero-order chi connectivity index (χ0) is 16.3. The SMILES string of the molecule is COc1cc(CNC(=O)[C@H]2C[C@H]2[N+](=O)[O-])cc(OC)c1OC. The first-order chi connectivity index (χ1) is 10.5. The smallest absolute Gasteiger partial charge is 0.230 e. The van der Waals surface area contributed by atoms with Crippen LogP contribution in [0.1, 0.15) is 12.0 Å². The lowest BCUT2D eigenvalue weighted by atomic mass is 10.1. The average molecular weight is 310 g/mol. The second kappa shape index (κ2) is 6.50. The molecule has 0 aromatic heterocycles. The van der Waals surface area contributed by atoms with Crippen molar-refractivity contribution in [1.82, 2.24) is 5.32 Å². The number of carbonyl (C=O) groups is 1. The van der Waals surface area contributed by atoms with Gasteiger partial charge < -0.3 is 19.5 Å². The van der Waals surface area contributed by atoms with Crippen LogP contribution in [0, 0.1) is 16.0 Å². The molecule has 0 aliphatic heterocycles. The summed E-state index contributed by atoms with van der Waals surface area (Å²) in [7, 11) is 4.52. The molecule has 1 saturated carbocycles. The van der Waals surface area contributed by atoms with Crippen molar-refractivity contribution in [3.8, 4) is 17.2 Å². The van der Waals surface area contributed by atoms with Gasteiger partial charge in [-0.3, -0.25) is 14.9 Å². The van der Waals surface area contributed by atoms with Gasteiger partial charge in [-0.15, -0.1) is 0 Å². The van der Waals surface area contributed by atoms with E-state index in [4.69, 9.17) is 14.2 Å². The Labute approximate surface area is 127 Å². The van der Waals surface area contributed by atoms with E-state index in [0.29, 0.717) is 23.7 Å². The third kappa shape index (κ3) is 3.21. The molecule has 1 aliphatic carbocycles. The number of hydrogen-bond donors (Lipinski definition) is 1. The Morgan fingerprint density at radius 2 is 1.86 bits per heavy atom. The van der Waals surface area contributed by atoms with Crippen molar-refractivity contribution >= 4 is 5.91 Å². The molecule has 0 radical (unpaired) electrons. The van der Waals surface area contributed by atoms with Gasteiger partial charge in [-0.2, -0.15) is 0 Å². The number of amides is 1. The summed E-state index contributed by atoms with van der Waals surface area (Å²) in [4.78, 5) is 22.0. The highest BCUT2D eigenvalue weighted by atomic mass is 16.6. The summed E-state index contributed by atoms with van der Waals surface area (Å²) in [6.45, 7) is 0.233. The lowest BCUT2D eigenvalue weighted by Gasteiger charge is -2.14. The highest BCUT2D eigenvalue weighted by Crippen LogP contribution is 2.38. The predicted octanol–water partition coefficient (Wildman–Crippen LogP) is 0.994. The number of nitrogens with zero attached hydrogens (tertiary/aromatic N) is 1. The number of ether oxygens (including phenoxy) is 3. The third-order valence-electron chi connectivity index (χ3n) is 3.56. The van der Waals surface area contributed by atoms with Crippen molar-refractivity contribution in [2.75, 3.05) is 21.3 Å². The number of methoxy groups -OCH3 is 3. The number of hydrogen-bond acceptors (Lipinski definition) is 6. The highest BCUT2D eigenvalue weighted by molar-refractivity contribution is 5.82. The molecule has 2 rings (SSSR count). The van der Waals surface area contributed by atoms with Gasteiger partial charge in [-0.25, -0.2) is 0 Å². The van der Waals surface area contributed by atoms with Crippen molar-refractivity contribution in [2.45, 2.75) is 19.0 Å². The third-order valence-corrected chi connectivity index (χ3v) is 3.56. The zero-order valence-electron chi connectivity index (χ0n) is 12.6. The molecule has 22 heavy (non-hydrogen) atoms. The van der Waals surface area contributed by atoms with E-state index < -0.39 is 16.9 Å². The maximum Gasteiger partial charge on any atom is 0.230 e. The van der Waals surface area contributed by atoms with E-state index in [-0.39, 0.29) is 12.5 Å². The van der Waals surface area contributed by atoms with Crippen LogP contribution in [0.4, 0.5) is 0 Å². The highest BCUT2D eigenvalue weighted by Gasteiger charge is 2.53. The van der Waals surface area contributed by atoms with Crippen LogP contribution in [0.5, 0.6) is 17.2 Å². The quantitative estimate of drug-likeness (QED) is 0.595. The molecule has 1 amide bonds. The minimum absolute atomic E-state index is 0.233. The van der Waals surface area contributed by atoms with E-state index >= 15 is 0 Å². The number of benzene rings is 1. The minimum Gasteiger partial charge on any atom is -0.493 e. The fourth-order valence-electron chi connectivity index (χ4n) is 2.25. The maximum absolute atomic E-state index is 11.8. The average Bonchev–Trinajstić information content (AvgIpc) is 3.32. The summed E-state index contributed by atoms with van der Waals surface area (Å²) < 4.78 is 15.7. The van der Waals surface area contributed by atoms with Gasteiger partial charge in [0.1, 0.15) is 5.92 Å². The van der Waals surface area contributed by atoms with E-state index in [1.165, 1.54) is 21.3 Å². The van der Waals surface area contributed by atoms with Gasteiger partial charge in [0.15, 0.2) is 11.5 Å². The summed E-state index contributed by atoms with van der Waals surface area (Å²) >= 11 is 0. The summed E-state index contributed by atoms with van der Waals surface area (Å²) in [6.07, 6.45) is 0.300. The largest absolute Gasteiger partial charge is 0.493 e. The molecule has 0 bridgehead atoms. The van der Waals surface area contributed by atoms with Crippen LogP contribution in [0.25, 0.3) is 0 Å². The molecule has 0 unspecified atom stereocenters. The van der Waals surface area contributed by atoms with Crippen LogP contribution in [-0.2, 0) is 11.3 Å². The summed E-state index contributed by atoms with van der Waals surface area (Å²) in [5.41, 5.74) is 0.751.